The lowest BCUT2D eigenvalue weighted by molar-refractivity contribution is -0.137. The van der Waals surface area contributed by atoms with Crippen LogP contribution in [0.5, 0.6) is 0 Å². The van der Waals surface area contributed by atoms with E-state index < -0.39 is 5.97 Å². The van der Waals surface area contributed by atoms with Crippen molar-refractivity contribution < 1.29 is 14.4 Å². The fourth-order valence-electron chi connectivity index (χ4n) is 3.61. The SMILES string of the molecule is O=C(O)CC(Cc1nc(CCCCNc2ccccn2)no1)c1cnc2ccccc2c1. The third-order valence-corrected chi connectivity index (χ3v) is 5.23. The number of carbonyl (C=O) groups is 1. The summed E-state index contributed by atoms with van der Waals surface area (Å²) in [4.78, 5) is 24.6. The summed E-state index contributed by atoms with van der Waals surface area (Å²) >= 11 is 0. The molecule has 0 spiro atoms. The molecule has 1 unspecified atom stereocenters. The van der Waals surface area contributed by atoms with E-state index in [1.165, 1.54) is 0 Å². The van der Waals surface area contributed by atoms with E-state index in [0.717, 1.165) is 41.7 Å². The van der Waals surface area contributed by atoms with Crippen molar-refractivity contribution in [3.8, 4) is 0 Å². The first-order chi connectivity index (χ1) is 15.7. The van der Waals surface area contributed by atoms with E-state index in [2.05, 4.69) is 25.4 Å². The lowest BCUT2D eigenvalue weighted by atomic mass is 9.93. The maximum absolute atomic E-state index is 11.5. The first kappa shape index (κ1) is 21.4. The molecule has 32 heavy (non-hydrogen) atoms. The zero-order valence-corrected chi connectivity index (χ0v) is 17.6. The van der Waals surface area contributed by atoms with Crippen LogP contribution in [-0.2, 0) is 17.6 Å². The molecular weight excluding hydrogens is 406 g/mol. The monoisotopic (exact) mass is 431 g/mol. The summed E-state index contributed by atoms with van der Waals surface area (Å²) in [5.41, 5.74) is 1.73. The first-order valence-electron chi connectivity index (χ1n) is 10.7. The second-order valence-corrected chi connectivity index (χ2v) is 7.66. The number of aryl methyl sites for hydroxylation is 1. The zero-order chi connectivity index (χ0) is 22.2. The fourth-order valence-corrected chi connectivity index (χ4v) is 3.61. The summed E-state index contributed by atoms with van der Waals surface area (Å²) in [6.45, 7) is 0.817. The number of nitrogens with one attached hydrogen (secondary N) is 1. The quantitative estimate of drug-likeness (QED) is 0.339. The summed E-state index contributed by atoms with van der Waals surface area (Å²) in [7, 11) is 0. The van der Waals surface area contributed by atoms with Gasteiger partial charge in [0.05, 0.1) is 11.9 Å². The van der Waals surface area contributed by atoms with Crippen molar-refractivity contribution in [2.75, 3.05) is 11.9 Å². The smallest absolute Gasteiger partial charge is 0.303 e. The lowest BCUT2D eigenvalue weighted by Gasteiger charge is -2.13. The summed E-state index contributed by atoms with van der Waals surface area (Å²) < 4.78 is 5.41. The maximum atomic E-state index is 11.5. The van der Waals surface area contributed by atoms with Crippen molar-refractivity contribution in [2.45, 2.75) is 38.0 Å². The van der Waals surface area contributed by atoms with Gasteiger partial charge in [0.25, 0.3) is 0 Å². The summed E-state index contributed by atoms with van der Waals surface area (Å²) in [6.07, 6.45) is 6.39. The molecule has 0 fully saturated rings. The maximum Gasteiger partial charge on any atom is 0.303 e. The van der Waals surface area contributed by atoms with Crippen LogP contribution in [0.15, 0.2) is 65.4 Å². The minimum absolute atomic E-state index is 0.0308. The van der Waals surface area contributed by atoms with Crippen LogP contribution in [0.4, 0.5) is 5.82 Å². The summed E-state index contributed by atoms with van der Waals surface area (Å²) in [5, 5.41) is 17.7. The van der Waals surface area contributed by atoms with Gasteiger partial charge in [0.1, 0.15) is 5.82 Å². The number of hydrogen-bond donors (Lipinski definition) is 2. The van der Waals surface area contributed by atoms with Crippen molar-refractivity contribution >= 4 is 22.7 Å². The molecule has 3 aromatic heterocycles. The van der Waals surface area contributed by atoms with Crippen molar-refractivity contribution in [1.29, 1.82) is 0 Å². The zero-order valence-electron chi connectivity index (χ0n) is 17.6. The van der Waals surface area contributed by atoms with Crippen LogP contribution in [0.1, 0.15) is 42.5 Å². The highest BCUT2D eigenvalue weighted by atomic mass is 16.5. The van der Waals surface area contributed by atoms with Crippen LogP contribution >= 0.6 is 0 Å². The van der Waals surface area contributed by atoms with Crippen molar-refractivity contribution in [2.24, 2.45) is 0 Å². The average Bonchev–Trinajstić information content (AvgIpc) is 3.26. The predicted molar refractivity (Wildman–Crippen MR) is 120 cm³/mol. The Balaban J connectivity index is 1.33. The number of nitrogens with zero attached hydrogens (tertiary/aromatic N) is 4. The van der Waals surface area contributed by atoms with Crippen molar-refractivity contribution in [1.82, 2.24) is 20.1 Å². The Bertz CT molecular complexity index is 1160. The number of carboxylic acids is 1. The van der Waals surface area contributed by atoms with E-state index in [9.17, 15) is 9.90 Å². The second kappa shape index (κ2) is 10.5. The van der Waals surface area contributed by atoms with Gasteiger partial charge in [0.2, 0.25) is 5.89 Å². The number of unbranched alkanes of at least 4 members (excludes halogenated alkanes) is 1. The predicted octanol–water partition coefficient (Wildman–Crippen LogP) is 4.25. The van der Waals surface area contributed by atoms with Crippen molar-refractivity contribution in [3.05, 3.63) is 78.2 Å². The van der Waals surface area contributed by atoms with Crippen LogP contribution in [0.25, 0.3) is 10.9 Å². The second-order valence-electron chi connectivity index (χ2n) is 7.66. The average molecular weight is 431 g/mol. The van der Waals surface area contributed by atoms with E-state index in [1.54, 1.807) is 12.4 Å². The standard InChI is InChI=1S/C24H25N5O3/c30-24(31)15-18(19-13-17-7-1-2-8-20(17)27-16-19)14-23-28-22(29-32-23)10-4-6-12-26-21-9-3-5-11-25-21/h1-3,5,7-9,11,13,16,18H,4,6,10,12,14-15H2,(H,25,26)(H,30,31). The minimum Gasteiger partial charge on any atom is -0.481 e. The Hall–Kier alpha value is -3.81. The van der Waals surface area contributed by atoms with E-state index in [0.29, 0.717) is 24.6 Å². The van der Waals surface area contributed by atoms with Gasteiger partial charge in [-0.3, -0.25) is 9.78 Å². The van der Waals surface area contributed by atoms with Gasteiger partial charge in [-0.1, -0.05) is 29.4 Å². The number of anilines is 1. The molecular formula is C24H25N5O3. The van der Waals surface area contributed by atoms with Crippen LogP contribution in [0, 0.1) is 0 Å². The fraction of sp³-hybridized carbons (Fsp3) is 0.292. The third-order valence-electron chi connectivity index (χ3n) is 5.23. The molecule has 1 atom stereocenters. The Morgan fingerprint density at radius 3 is 2.81 bits per heavy atom. The van der Waals surface area contributed by atoms with Gasteiger partial charge in [0, 0.05) is 43.1 Å². The molecule has 0 aliphatic heterocycles. The highest BCUT2D eigenvalue weighted by molar-refractivity contribution is 5.79. The van der Waals surface area contributed by atoms with Gasteiger partial charge < -0.3 is 14.9 Å². The molecule has 0 radical (unpaired) electrons. The summed E-state index contributed by atoms with van der Waals surface area (Å²) in [5.74, 6) is 0.792. The number of pyridine rings is 2. The number of para-hydroxylation sites is 1. The minimum atomic E-state index is -0.872. The van der Waals surface area contributed by atoms with E-state index in [4.69, 9.17) is 4.52 Å². The van der Waals surface area contributed by atoms with E-state index in [1.807, 2.05) is 48.5 Å². The van der Waals surface area contributed by atoms with Crippen LogP contribution in [-0.4, -0.2) is 37.7 Å². The number of benzene rings is 1. The molecule has 0 saturated heterocycles. The largest absolute Gasteiger partial charge is 0.481 e. The molecule has 0 aliphatic rings. The van der Waals surface area contributed by atoms with Gasteiger partial charge >= 0.3 is 5.97 Å². The molecule has 0 saturated carbocycles. The molecule has 3 heterocycles. The Kier molecular flexibility index (Phi) is 7.01. The molecule has 8 heteroatoms. The molecule has 1 aromatic carbocycles. The number of fused-ring (bicyclic) bond motifs is 1. The lowest BCUT2D eigenvalue weighted by Crippen LogP contribution is -2.10. The first-order valence-corrected chi connectivity index (χ1v) is 10.7. The highest BCUT2D eigenvalue weighted by Crippen LogP contribution is 2.26. The van der Waals surface area contributed by atoms with Crippen LogP contribution < -0.4 is 5.32 Å². The van der Waals surface area contributed by atoms with Crippen LogP contribution in [0.3, 0.4) is 0 Å². The Morgan fingerprint density at radius 1 is 1.09 bits per heavy atom. The number of carboxylic acid groups (broad SMARTS) is 1. The molecule has 8 nitrogen and oxygen atoms in total. The van der Waals surface area contributed by atoms with Gasteiger partial charge in [-0.25, -0.2) is 4.98 Å². The molecule has 0 bridgehead atoms. The van der Waals surface area contributed by atoms with E-state index in [-0.39, 0.29) is 12.3 Å². The van der Waals surface area contributed by atoms with Gasteiger partial charge in [-0.05, 0) is 42.7 Å². The third kappa shape index (κ3) is 5.87. The molecule has 0 aliphatic carbocycles. The number of aliphatic carboxylic acids is 1. The van der Waals surface area contributed by atoms with Gasteiger partial charge in [-0.2, -0.15) is 4.98 Å². The normalized spacial score (nSPS) is 12.0. The van der Waals surface area contributed by atoms with E-state index >= 15 is 0 Å². The topological polar surface area (TPSA) is 114 Å². The highest BCUT2D eigenvalue weighted by Gasteiger charge is 2.20. The molecule has 164 valence electrons. The molecule has 4 rings (SSSR count). The number of rotatable bonds is 11. The molecule has 0 amide bonds. The number of hydrogen-bond acceptors (Lipinski definition) is 7. The number of aromatic nitrogens is 4. The van der Waals surface area contributed by atoms with Gasteiger partial charge in [0.15, 0.2) is 5.82 Å². The van der Waals surface area contributed by atoms with Crippen LogP contribution in [0.2, 0.25) is 0 Å². The van der Waals surface area contributed by atoms with Gasteiger partial charge in [-0.15, -0.1) is 0 Å². The Labute approximate surface area is 185 Å². The molecule has 2 N–H and O–H groups in total. The molecule has 4 aromatic rings. The van der Waals surface area contributed by atoms with Crippen molar-refractivity contribution in [3.63, 3.8) is 0 Å². The summed E-state index contributed by atoms with van der Waals surface area (Å²) in [6, 6.07) is 15.5. The Morgan fingerprint density at radius 2 is 1.97 bits per heavy atom.